The highest BCUT2D eigenvalue weighted by Crippen LogP contribution is 2.14. The average Bonchev–Trinajstić information content (AvgIpc) is 2.09. The van der Waals surface area contributed by atoms with Gasteiger partial charge >= 0.3 is 0 Å². The Kier molecular flexibility index (Phi) is 9.07. The lowest BCUT2D eigenvalue weighted by Gasteiger charge is -2.11. The lowest BCUT2D eigenvalue weighted by Crippen LogP contribution is -2.23. The summed E-state index contributed by atoms with van der Waals surface area (Å²) in [5.41, 5.74) is 0. The molecule has 0 bridgehead atoms. The third-order valence-electron chi connectivity index (χ3n) is 2.47. The summed E-state index contributed by atoms with van der Waals surface area (Å²) in [5, 5.41) is 3.37. The van der Waals surface area contributed by atoms with E-state index in [1.165, 1.54) is 6.42 Å². The van der Waals surface area contributed by atoms with Crippen LogP contribution >= 0.6 is 0 Å². The molecule has 0 saturated carbocycles. The zero-order valence-electron chi connectivity index (χ0n) is 10.9. The van der Waals surface area contributed by atoms with Crippen molar-refractivity contribution in [3.8, 4) is 0 Å². The molecule has 0 aromatic rings. The normalized spacial score (nSPS) is 13.8. The van der Waals surface area contributed by atoms with Gasteiger partial charge < -0.3 is 5.32 Å². The second kappa shape index (κ2) is 9.14. The Morgan fingerprint density at radius 2 is 1.67 bits per heavy atom. The summed E-state index contributed by atoms with van der Waals surface area (Å²) in [6.45, 7) is 9.54. The van der Waals surface area contributed by atoms with Gasteiger partial charge in [-0.3, -0.25) is 0 Å². The molecular formula is C13H28FN. The fraction of sp³-hybridized carbons (Fsp3) is 1.00. The molecule has 1 N–H and O–H groups in total. The van der Waals surface area contributed by atoms with Crippen LogP contribution in [0.2, 0.25) is 0 Å². The molecule has 1 unspecified atom stereocenters. The molecule has 0 aliphatic heterocycles. The van der Waals surface area contributed by atoms with Gasteiger partial charge in [0, 0.05) is 6.04 Å². The summed E-state index contributed by atoms with van der Waals surface area (Å²) in [6.07, 6.45) is 4.26. The first-order chi connectivity index (χ1) is 7.02. The standard InChI is InChI=1S/C13H28FN/c1-11(2)10-13(14)8-6-5-7-9-15-12(3)4/h11-13,15H,5-10H2,1-4H3. The lowest BCUT2D eigenvalue weighted by atomic mass is 10.0. The Bertz CT molecular complexity index is 134. The summed E-state index contributed by atoms with van der Waals surface area (Å²) in [6, 6.07) is 0.569. The lowest BCUT2D eigenvalue weighted by molar-refractivity contribution is 0.260. The van der Waals surface area contributed by atoms with Gasteiger partial charge in [0.15, 0.2) is 0 Å². The third kappa shape index (κ3) is 11.8. The van der Waals surface area contributed by atoms with Gasteiger partial charge in [-0.15, -0.1) is 0 Å². The summed E-state index contributed by atoms with van der Waals surface area (Å²) in [5.74, 6) is 0.489. The summed E-state index contributed by atoms with van der Waals surface area (Å²) >= 11 is 0. The fourth-order valence-corrected chi connectivity index (χ4v) is 1.69. The van der Waals surface area contributed by atoms with Crippen molar-refractivity contribution < 1.29 is 4.39 Å². The maximum Gasteiger partial charge on any atom is 0.100 e. The van der Waals surface area contributed by atoms with Gasteiger partial charge in [0.1, 0.15) is 6.17 Å². The van der Waals surface area contributed by atoms with Crippen LogP contribution in [0.4, 0.5) is 4.39 Å². The van der Waals surface area contributed by atoms with E-state index in [-0.39, 0.29) is 0 Å². The van der Waals surface area contributed by atoms with E-state index in [0.717, 1.165) is 32.2 Å². The van der Waals surface area contributed by atoms with Gasteiger partial charge in [-0.2, -0.15) is 0 Å². The predicted octanol–water partition coefficient (Wildman–Crippen LogP) is 3.93. The average molecular weight is 217 g/mol. The van der Waals surface area contributed by atoms with E-state index in [0.29, 0.717) is 12.0 Å². The smallest absolute Gasteiger partial charge is 0.100 e. The summed E-state index contributed by atoms with van der Waals surface area (Å²) in [7, 11) is 0. The van der Waals surface area contributed by atoms with E-state index in [2.05, 4.69) is 33.0 Å². The van der Waals surface area contributed by atoms with Gasteiger partial charge in [0.25, 0.3) is 0 Å². The molecule has 0 aromatic carbocycles. The highest BCUT2D eigenvalue weighted by Gasteiger charge is 2.07. The summed E-state index contributed by atoms with van der Waals surface area (Å²) in [4.78, 5) is 0. The van der Waals surface area contributed by atoms with Gasteiger partial charge in [-0.1, -0.05) is 40.5 Å². The number of rotatable bonds is 9. The minimum absolute atomic E-state index is 0.489. The van der Waals surface area contributed by atoms with Crippen LogP contribution in [-0.2, 0) is 0 Å². The number of hydrogen-bond acceptors (Lipinski definition) is 1. The van der Waals surface area contributed by atoms with E-state index < -0.39 is 6.17 Å². The quantitative estimate of drug-likeness (QED) is 0.577. The minimum Gasteiger partial charge on any atom is -0.315 e. The first-order valence-electron chi connectivity index (χ1n) is 6.39. The van der Waals surface area contributed by atoms with Gasteiger partial charge in [-0.05, 0) is 31.7 Å². The van der Waals surface area contributed by atoms with Crippen molar-refractivity contribution in [3.05, 3.63) is 0 Å². The third-order valence-corrected chi connectivity index (χ3v) is 2.47. The first-order valence-corrected chi connectivity index (χ1v) is 6.39. The molecule has 1 nitrogen and oxygen atoms in total. The fourth-order valence-electron chi connectivity index (χ4n) is 1.69. The number of unbranched alkanes of at least 4 members (excludes halogenated alkanes) is 2. The van der Waals surface area contributed by atoms with Gasteiger partial charge in [0.2, 0.25) is 0 Å². The predicted molar refractivity (Wildman–Crippen MR) is 66.0 cm³/mol. The molecule has 92 valence electrons. The maximum absolute atomic E-state index is 13.3. The van der Waals surface area contributed by atoms with Crippen molar-refractivity contribution in [2.24, 2.45) is 5.92 Å². The molecule has 15 heavy (non-hydrogen) atoms. The molecule has 0 fully saturated rings. The topological polar surface area (TPSA) is 12.0 Å². The Morgan fingerprint density at radius 3 is 2.20 bits per heavy atom. The van der Waals surface area contributed by atoms with Crippen molar-refractivity contribution in [2.75, 3.05) is 6.54 Å². The molecule has 0 radical (unpaired) electrons. The van der Waals surface area contributed by atoms with E-state index in [4.69, 9.17) is 0 Å². The molecule has 0 aliphatic rings. The van der Waals surface area contributed by atoms with Crippen molar-refractivity contribution >= 4 is 0 Å². The molecule has 0 heterocycles. The van der Waals surface area contributed by atoms with E-state index in [1.807, 2.05) is 0 Å². The Hall–Kier alpha value is -0.110. The number of hydrogen-bond donors (Lipinski definition) is 1. The number of alkyl halides is 1. The van der Waals surface area contributed by atoms with Crippen LogP contribution in [-0.4, -0.2) is 18.8 Å². The van der Waals surface area contributed by atoms with Crippen LogP contribution in [0.25, 0.3) is 0 Å². The SMILES string of the molecule is CC(C)CC(F)CCCCCNC(C)C. The molecule has 0 rings (SSSR count). The highest BCUT2D eigenvalue weighted by atomic mass is 19.1. The van der Waals surface area contributed by atoms with Crippen molar-refractivity contribution in [2.45, 2.75) is 72.0 Å². The van der Waals surface area contributed by atoms with Gasteiger partial charge in [0.05, 0.1) is 0 Å². The Balaban J connectivity index is 3.16. The van der Waals surface area contributed by atoms with Crippen LogP contribution in [0.3, 0.4) is 0 Å². The minimum atomic E-state index is -0.581. The number of nitrogens with one attached hydrogen (secondary N) is 1. The monoisotopic (exact) mass is 217 g/mol. The molecule has 1 atom stereocenters. The molecule has 0 saturated heterocycles. The Labute approximate surface area is 94.8 Å². The Morgan fingerprint density at radius 1 is 1.00 bits per heavy atom. The molecule has 2 heteroatoms. The maximum atomic E-state index is 13.3. The summed E-state index contributed by atoms with van der Waals surface area (Å²) < 4.78 is 13.3. The van der Waals surface area contributed by atoms with Crippen LogP contribution in [0.1, 0.15) is 59.8 Å². The van der Waals surface area contributed by atoms with E-state index >= 15 is 0 Å². The van der Waals surface area contributed by atoms with E-state index in [1.54, 1.807) is 0 Å². The largest absolute Gasteiger partial charge is 0.315 e. The van der Waals surface area contributed by atoms with Crippen LogP contribution in [0.15, 0.2) is 0 Å². The molecular weight excluding hydrogens is 189 g/mol. The molecule has 0 amide bonds. The van der Waals surface area contributed by atoms with E-state index in [9.17, 15) is 4.39 Å². The highest BCUT2D eigenvalue weighted by molar-refractivity contribution is 4.60. The van der Waals surface area contributed by atoms with Crippen LogP contribution in [0.5, 0.6) is 0 Å². The molecule has 0 aliphatic carbocycles. The zero-order valence-corrected chi connectivity index (χ0v) is 10.9. The zero-order chi connectivity index (χ0) is 11.7. The second-order valence-electron chi connectivity index (χ2n) is 5.18. The number of halogens is 1. The molecule has 0 aromatic heterocycles. The van der Waals surface area contributed by atoms with Crippen LogP contribution in [0, 0.1) is 5.92 Å². The second-order valence-corrected chi connectivity index (χ2v) is 5.18. The first kappa shape index (κ1) is 14.9. The van der Waals surface area contributed by atoms with Crippen LogP contribution < -0.4 is 5.32 Å². The van der Waals surface area contributed by atoms with Crippen molar-refractivity contribution in [3.63, 3.8) is 0 Å². The van der Waals surface area contributed by atoms with Gasteiger partial charge in [-0.25, -0.2) is 4.39 Å². The molecule has 0 spiro atoms. The van der Waals surface area contributed by atoms with Crippen molar-refractivity contribution in [1.29, 1.82) is 0 Å². The van der Waals surface area contributed by atoms with Crippen molar-refractivity contribution in [1.82, 2.24) is 5.32 Å².